The van der Waals surface area contributed by atoms with E-state index in [4.69, 9.17) is 11.6 Å². The van der Waals surface area contributed by atoms with E-state index in [0.717, 1.165) is 38.5 Å². The predicted molar refractivity (Wildman–Crippen MR) is 94.3 cm³/mol. The van der Waals surface area contributed by atoms with Gasteiger partial charge in [-0.15, -0.1) is 0 Å². The van der Waals surface area contributed by atoms with Crippen LogP contribution in [0.15, 0.2) is 42.6 Å². The topological polar surface area (TPSA) is 42.0 Å². The van der Waals surface area contributed by atoms with Crippen LogP contribution in [0.1, 0.15) is 38.5 Å². The van der Waals surface area contributed by atoms with E-state index in [1.54, 1.807) is 18.3 Å². The van der Waals surface area contributed by atoms with Gasteiger partial charge in [0, 0.05) is 17.1 Å². The van der Waals surface area contributed by atoms with Crippen LogP contribution in [-0.2, 0) is 4.79 Å². The van der Waals surface area contributed by atoms with Crippen molar-refractivity contribution in [1.29, 1.82) is 0 Å². The van der Waals surface area contributed by atoms with Crippen molar-refractivity contribution in [3.05, 3.63) is 47.7 Å². The summed E-state index contributed by atoms with van der Waals surface area (Å²) in [6, 6.07) is 3.40. The smallest absolute Gasteiger partial charge is 0.229 e. The molecule has 0 radical (unpaired) electrons. The van der Waals surface area contributed by atoms with Crippen LogP contribution in [0.3, 0.4) is 0 Å². The zero-order chi connectivity index (χ0) is 16.1. The van der Waals surface area contributed by atoms with Gasteiger partial charge in [-0.25, -0.2) is 4.98 Å². The number of hydrogen-bond donors (Lipinski definition) is 1. The third kappa shape index (κ3) is 4.44. The first-order valence-electron chi connectivity index (χ1n) is 8.48. The van der Waals surface area contributed by atoms with Crippen molar-refractivity contribution in [3.63, 3.8) is 0 Å². The highest BCUT2D eigenvalue weighted by Crippen LogP contribution is 2.52. The van der Waals surface area contributed by atoms with Crippen LogP contribution in [0.25, 0.3) is 0 Å². The minimum Gasteiger partial charge on any atom is -0.310 e. The van der Waals surface area contributed by atoms with Gasteiger partial charge in [-0.3, -0.25) is 4.79 Å². The Morgan fingerprint density at radius 2 is 1.65 bits per heavy atom. The summed E-state index contributed by atoms with van der Waals surface area (Å²) in [6.45, 7) is 0. The van der Waals surface area contributed by atoms with Gasteiger partial charge in [0.2, 0.25) is 5.91 Å². The van der Waals surface area contributed by atoms with Gasteiger partial charge < -0.3 is 5.32 Å². The maximum Gasteiger partial charge on any atom is 0.229 e. The number of carbonyl (C=O) groups excluding carboxylic acids is 1. The Balaban J connectivity index is 1.61. The van der Waals surface area contributed by atoms with E-state index in [0.29, 0.717) is 22.7 Å². The van der Waals surface area contributed by atoms with Crippen molar-refractivity contribution in [2.45, 2.75) is 38.5 Å². The standard InChI is InChI=1S/C19H23ClN2O/c20-14-11-12-21-17(13-14)22-19(23)18-15-9-7-5-3-1-2-4-6-8-10-16(15)18/h3-6,11-13,15-16,18H,1-2,7-10H2,(H,21,22,23). The molecule has 0 aromatic carbocycles. The van der Waals surface area contributed by atoms with Gasteiger partial charge in [0.15, 0.2) is 0 Å². The normalized spacial score (nSPS) is 27.4. The fraction of sp³-hybridized carbons (Fsp3) is 0.474. The Labute approximate surface area is 142 Å². The molecular weight excluding hydrogens is 308 g/mol. The van der Waals surface area contributed by atoms with E-state index < -0.39 is 0 Å². The molecule has 0 spiro atoms. The molecule has 1 fully saturated rings. The van der Waals surface area contributed by atoms with Crippen LogP contribution in [-0.4, -0.2) is 10.9 Å². The van der Waals surface area contributed by atoms with Crippen molar-refractivity contribution < 1.29 is 4.79 Å². The second-order valence-corrected chi connectivity index (χ2v) is 6.81. The molecule has 1 N–H and O–H groups in total. The summed E-state index contributed by atoms with van der Waals surface area (Å²) in [6.07, 6.45) is 17.3. The zero-order valence-electron chi connectivity index (χ0n) is 13.2. The number of allylic oxidation sites excluding steroid dienone is 4. The number of halogens is 1. The maximum atomic E-state index is 12.6. The summed E-state index contributed by atoms with van der Waals surface area (Å²) in [4.78, 5) is 16.7. The van der Waals surface area contributed by atoms with Gasteiger partial charge in [-0.05, 0) is 62.5 Å². The Bertz CT molecular complexity index is 587. The molecule has 23 heavy (non-hydrogen) atoms. The molecule has 1 amide bonds. The van der Waals surface area contributed by atoms with Crippen LogP contribution < -0.4 is 5.32 Å². The van der Waals surface area contributed by atoms with Crippen molar-refractivity contribution in [2.24, 2.45) is 17.8 Å². The van der Waals surface area contributed by atoms with Gasteiger partial charge in [0.1, 0.15) is 5.82 Å². The molecule has 3 nitrogen and oxygen atoms in total. The first-order valence-corrected chi connectivity index (χ1v) is 8.86. The molecule has 1 saturated carbocycles. The number of nitrogens with one attached hydrogen (secondary N) is 1. The highest BCUT2D eigenvalue weighted by molar-refractivity contribution is 6.30. The van der Waals surface area contributed by atoms with Crippen molar-refractivity contribution in [1.82, 2.24) is 4.98 Å². The molecular formula is C19H23ClN2O. The summed E-state index contributed by atoms with van der Waals surface area (Å²) in [7, 11) is 0. The lowest BCUT2D eigenvalue weighted by atomic mass is 10.1. The Morgan fingerprint density at radius 1 is 1.04 bits per heavy atom. The van der Waals surface area contributed by atoms with E-state index in [1.165, 1.54) is 0 Å². The second-order valence-electron chi connectivity index (χ2n) is 6.38. The highest BCUT2D eigenvalue weighted by atomic mass is 35.5. The van der Waals surface area contributed by atoms with Gasteiger partial charge in [0.25, 0.3) is 0 Å². The zero-order valence-corrected chi connectivity index (χ0v) is 14.0. The fourth-order valence-electron chi connectivity index (χ4n) is 3.55. The molecule has 4 heteroatoms. The van der Waals surface area contributed by atoms with Crippen LogP contribution >= 0.6 is 11.6 Å². The highest BCUT2D eigenvalue weighted by Gasteiger charge is 2.52. The fourth-order valence-corrected chi connectivity index (χ4v) is 3.70. The second kappa shape index (κ2) is 7.78. The SMILES string of the molecule is O=C(Nc1cc(Cl)ccn1)C1C2CCC=CCCC=CCCC21. The van der Waals surface area contributed by atoms with Gasteiger partial charge >= 0.3 is 0 Å². The van der Waals surface area contributed by atoms with Crippen LogP contribution in [0.4, 0.5) is 5.82 Å². The molecule has 1 aromatic rings. The monoisotopic (exact) mass is 330 g/mol. The number of fused-ring (bicyclic) bond motifs is 1. The number of hydrogen-bond acceptors (Lipinski definition) is 2. The van der Waals surface area contributed by atoms with Crippen LogP contribution in [0.5, 0.6) is 0 Å². The third-order valence-corrected chi connectivity index (χ3v) is 5.01. The third-order valence-electron chi connectivity index (χ3n) is 4.77. The van der Waals surface area contributed by atoms with Crippen molar-refractivity contribution in [3.8, 4) is 0 Å². The van der Waals surface area contributed by atoms with E-state index in [2.05, 4.69) is 34.6 Å². The molecule has 2 aliphatic rings. The summed E-state index contributed by atoms with van der Waals surface area (Å²) in [5.74, 6) is 1.78. The van der Waals surface area contributed by atoms with Gasteiger partial charge in [-0.2, -0.15) is 0 Å². The summed E-state index contributed by atoms with van der Waals surface area (Å²) in [5.41, 5.74) is 0. The van der Waals surface area contributed by atoms with Gasteiger partial charge in [-0.1, -0.05) is 35.9 Å². The molecule has 1 heterocycles. The minimum absolute atomic E-state index is 0.0950. The predicted octanol–water partition coefficient (Wildman–Crippen LogP) is 5.00. The number of carbonyl (C=O) groups is 1. The number of pyridine rings is 1. The quantitative estimate of drug-likeness (QED) is 0.775. The van der Waals surface area contributed by atoms with E-state index in [-0.39, 0.29) is 11.8 Å². The van der Waals surface area contributed by atoms with Crippen LogP contribution in [0.2, 0.25) is 5.02 Å². The molecule has 3 rings (SSSR count). The van der Waals surface area contributed by atoms with E-state index in [9.17, 15) is 4.79 Å². The first kappa shape index (κ1) is 16.3. The largest absolute Gasteiger partial charge is 0.310 e. The number of nitrogens with zero attached hydrogens (tertiary/aromatic N) is 1. The summed E-state index contributed by atoms with van der Waals surface area (Å²) in [5, 5.41) is 3.52. The lowest BCUT2D eigenvalue weighted by Gasteiger charge is -2.04. The van der Waals surface area contributed by atoms with Crippen molar-refractivity contribution >= 4 is 23.3 Å². The molecule has 0 aliphatic heterocycles. The van der Waals surface area contributed by atoms with E-state index in [1.807, 2.05) is 0 Å². The summed E-state index contributed by atoms with van der Waals surface area (Å²) >= 11 is 5.95. The molecule has 122 valence electrons. The average Bonchev–Trinajstić information content (AvgIpc) is 3.20. The number of rotatable bonds is 2. The molecule has 2 aliphatic carbocycles. The Kier molecular flexibility index (Phi) is 5.50. The summed E-state index contributed by atoms with van der Waals surface area (Å²) < 4.78 is 0. The first-order chi connectivity index (χ1) is 11.3. The molecule has 0 saturated heterocycles. The minimum atomic E-state index is 0.0950. The molecule has 2 atom stereocenters. The van der Waals surface area contributed by atoms with Crippen LogP contribution in [0, 0.1) is 17.8 Å². The van der Waals surface area contributed by atoms with Gasteiger partial charge in [0.05, 0.1) is 0 Å². The Hall–Kier alpha value is -1.61. The number of aromatic nitrogens is 1. The lowest BCUT2D eigenvalue weighted by molar-refractivity contribution is -0.117. The molecule has 0 bridgehead atoms. The molecule has 2 unspecified atom stereocenters. The number of anilines is 1. The number of amides is 1. The maximum absolute atomic E-state index is 12.6. The van der Waals surface area contributed by atoms with Crippen molar-refractivity contribution in [2.75, 3.05) is 5.32 Å². The average molecular weight is 331 g/mol. The molecule has 1 aromatic heterocycles. The Morgan fingerprint density at radius 3 is 2.26 bits per heavy atom. The van der Waals surface area contributed by atoms with E-state index >= 15 is 0 Å². The lowest BCUT2D eigenvalue weighted by Crippen LogP contribution is -2.16.